The van der Waals surface area contributed by atoms with E-state index in [1.165, 1.54) is 10.3 Å². The van der Waals surface area contributed by atoms with Gasteiger partial charge in [0.15, 0.2) is 6.29 Å². The van der Waals surface area contributed by atoms with Gasteiger partial charge in [0.25, 0.3) is 0 Å². The summed E-state index contributed by atoms with van der Waals surface area (Å²) in [5.74, 6) is 0. The van der Waals surface area contributed by atoms with Crippen LogP contribution in [0.4, 0.5) is 0 Å². The van der Waals surface area contributed by atoms with Crippen LogP contribution in [0.3, 0.4) is 0 Å². The van der Waals surface area contributed by atoms with Crippen molar-refractivity contribution < 1.29 is 4.79 Å². The van der Waals surface area contributed by atoms with E-state index in [-0.39, 0.29) is 0 Å². The van der Waals surface area contributed by atoms with Crippen LogP contribution in [0.2, 0.25) is 0 Å². The van der Waals surface area contributed by atoms with Crippen LogP contribution in [0, 0.1) is 0 Å². The van der Waals surface area contributed by atoms with Gasteiger partial charge in [-0.15, -0.1) is 11.3 Å². The molecule has 0 aromatic carbocycles. The molecule has 0 saturated heterocycles. The molecule has 72 valence electrons. The highest BCUT2D eigenvalue weighted by atomic mass is 32.1. The summed E-state index contributed by atoms with van der Waals surface area (Å²) in [6.07, 6.45) is 0.956. The smallest absolute Gasteiger partial charge is 0.151 e. The second-order valence-electron chi connectivity index (χ2n) is 3.43. The Morgan fingerprint density at radius 2 is 1.80 bits per heavy atom. The van der Waals surface area contributed by atoms with Crippen molar-refractivity contribution >= 4 is 27.7 Å². The van der Waals surface area contributed by atoms with Crippen LogP contribution < -0.4 is 0 Å². The Kier molecular flexibility index (Phi) is 1.82. The molecule has 0 unspecified atom stereocenters. The average Bonchev–Trinajstić information content (AvgIpc) is 2.72. The Morgan fingerprint density at radius 3 is 2.60 bits per heavy atom. The number of thiophene rings is 1. The van der Waals surface area contributed by atoms with E-state index in [1.807, 2.05) is 35.7 Å². The summed E-state index contributed by atoms with van der Waals surface area (Å²) in [4.78, 5) is 11.1. The topological polar surface area (TPSA) is 17.1 Å². The lowest BCUT2D eigenvalue weighted by Gasteiger charge is -1.92. The fraction of sp³-hybridized carbons (Fsp3) is 0. The predicted molar refractivity (Wildman–Crippen MR) is 63.8 cm³/mol. The van der Waals surface area contributed by atoms with Crippen LogP contribution in [0.5, 0.6) is 0 Å². The molecule has 1 aromatic heterocycles. The van der Waals surface area contributed by atoms with E-state index in [2.05, 4.69) is 6.07 Å². The van der Waals surface area contributed by atoms with Crippen LogP contribution in [0.15, 0.2) is 41.8 Å². The molecule has 1 heterocycles. The van der Waals surface area contributed by atoms with Gasteiger partial charge in [0, 0.05) is 21.2 Å². The molecule has 2 aliphatic carbocycles. The van der Waals surface area contributed by atoms with Gasteiger partial charge in [0.05, 0.1) is 0 Å². The van der Waals surface area contributed by atoms with Gasteiger partial charge in [-0.1, -0.05) is 30.3 Å². The predicted octanol–water partition coefficient (Wildman–Crippen LogP) is 3.82. The third kappa shape index (κ3) is 1.12. The Labute approximate surface area is 91.3 Å². The third-order valence-corrected chi connectivity index (χ3v) is 3.59. The summed E-state index contributed by atoms with van der Waals surface area (Å²) in [6, 6.07) is 12.1. The molecule has 0 spiro atoms. The molecule has 0 bridgehead atoms. The number of hydrogen-bond donors (Lipinski definition) is 0. The molecule has 0 N–H and O–H groups in total. The molecule has 0 aliphatic heterocycles. The van der Waals surface area contributed by atoms with E-state index in [4.69, 9.17) is 0 Å². The van der Waals surface area contributed by atoms with Crippen LogP contribution in [-0.4, -0.2) is 6.29 Å². The van der Waals surface area contributed by atoms with Gasteiger partial charge in [-0.2, -0.15) is 0 Å². The maximum atomic E-state index is 11.1. The molecule has 15 heavy (non-hydrogen) atoms. The number of carbonyl (C=O) groups is 1. The van der Waals surface area contributed by atoms with E-state index < -0.39 is 0 Å². The fourth-order valence-corrected chi connectivity index (χ4v) is 2.93. The van der Waals surface area contributed by atoms with Crippen LogP contribution >= 0.6 is 11.3 Å². The Morgan fingerprint density at radius 1 is 1.00 bits per heavy atom. The quantitative estimate of drug-likeness (QED) is 0.560. The lowest BCUT2D eigenvalue weighted by Crippen LogP contribution is -1.77. The van der Waals surface area contributed by atoms with Gasteiger partial charge >= 0.3 is 0 Å². The highest BCUT2D eigenvalue weighted by Crippen LogP contribution is 2.40. The van der Waals surface area contributed by atoms with Crippen LogP contribution in [0.1, 0.15) is 10.4 Å². The summed E-state index contributed by atoms with van der Waals surface area (Å²) in [6.45, 7) is 0. The van der Waals surface area contributed by atoms with Gasteiger partial charge in [-0.25, -0.2) is 0 Å². The molecule has 0 saturated carbocycles. The number of aldehydes is 1. The molecule has 2 heteroatoms. The van der Waals surface area contributed by atoms with Crippen molar-refractivity contribution in [1.82, 2.24) is 0 Å². The van der Waals surface area contributed by atoms with Crippen LogP contribution in [0.25, 0.3) is 21.2 Å². The first-order valence-electron chi connectivity index (χ1n) is 4.75. The monoisotopic (exact) mass is 212 g/mol. The minimum Gasteiger partial charge on any atom is -0.298 e. The van der Waals surface area contributed by atoms with Crippen molar-refractivity contribution in [2.75, 3.05) is 0 Å². The molecular weight excluding hydrogens is 204 g/mol. The standard InChI is InChI=1S/C13H8OS/c14-8-12-9-4-2-1-3-5-10(9)13-11(12)6-7-15-13/h1-8H. The van der Waals surface area contributed by atoms with E-state index in [9.17, 15) is 4.79 Å². The Balaban J connectivity index is 2.58. The highest BCUT2D eigenvalue weighted by Gasteiger charge is 2.16. The first-order chi connectivity index (χ1) is 7.42. The third-order valence-electron chi connectivity index (χ3n) is 2.65. The minimum absolute atomic E-state index is 0.817. The molecule has 1 nitrogen and oxygen atoms in total. The molecule has 0 amide bonds. The first kappa shape index (κ1) is 8.62. The van der Waals surface area contributed by atoms with Gasteiger partial charge in [0.2, 0.25) is 0 Å². The second-order valence-corrected chi connectivity index (χ2v) is 4.35. The van der Waals surface area contributed by atoms with Gasteiger partial charge < -0.3 is 0 Å². The van der Waals surface area contributed by atoms with Crippen molar-refractivity contribution in [2.45, 2.75) is 0 Å². The number of fused-ring (bicyclic) bond motifs is 3. The van der Waals surface area contributed by atoms with Crippen molar-refractivity contribution in [3.05, 3.63) is 47.3 Å². The lowest BCUT2D eigenvalue weighted by atomic mass is 10.1. The summed E-state index contributed by atoms with van der Waals surface area (Å²) in [5.41, 5.74) is 3.04. The van der Waals surface area contributed by atoms with E-state index in [1.54, 1.807) is 11.3 Å². The molecule has 0 radical (unpaired) electrons. The molecule has 1 aromatic rings. The number of hydrogen-bond acceptors (Lipinski definition) is 2. The van der Waals surface area contributed by atoms with Gasteiger partial charge in [0.1, 0.15) is 0 Å². The summed E-state index contributed by atoms with van der Waals surface area (Å²) < 4.78 is 1.21. The fourth-order valence-electron chi connectivity index (χ4n) is 1.98. The van der Waals surface area contributed by atoms with Crippen LogP contribution in [-0.2, 0) is 0 Å². The van der Waals surface area contributed by atoms with E-state index in [0.717, 1.165) is 22.8 Å². The second kappa shape index (κ2) is 3.17. The zero-order chi connectivity index (χ0) is 10.3. The highest BCUT2D eigenvalue weighted by molar-refractivity contribution is 7.18. The van der Waals surface area contributed by atoms with E-state index >= 15 is 0 Å². The molecule has 0 atom stereocenters. The van der Waals surface area contributed by atoms with Gasteiger partial charge in [-0.05, 0) is 17.0 Å². The Bertz CT molecular complexity index is 609. The molecule has 0 fully saturated rings. The lowest BCUT2D eigenvalue weighted by molar-refractivity contribution is 0.112. The summed E-state index contributed by atoms with van der Waals surface area (Å²) in [5, 5.41) is 3.11. The largest absolute Gasteiger partial charge is 0.298 e. The normalized spacial score (nSPS) is 10.9. The first-order valence-corrected chi connectivity index (χ1v) is 5.63. The summed E-state index contributed by atoms with van der Waals surface area (Å²) in [7, 11) is 0. The maximum absolute atomic E-state index is 11.1. The zero-order valence-electron chi connectivity index (χ0n) is 7.94. The van der Waals surface area contributed by atoms with Crippen molar-refractivity contribution in [1.29, 1.82) is 0 Å². The number of carbonyl (C=O) groups excluding carboxylic acids is 1. The maximum Gasteiger partial charge on any atom is 0.151 e. The van der Waals surface area contributed by atoms with Crippen molar-refractivity contribution in [2.24, 2.45) is 0 Å². The van der Waals surface area contributed by atoms with Crippen molar-refractivity contribution in [3.8, 4) is 11.1 Å². The van der Waals surface area contributed by atoms with Gasteiger partial charge in [-0.3, -0.25) is 4.79 Å². The molecule has 2 aliphatic rings. The summed E-state index contributed by atoms with van der Waals surface area (Å²) >= 11 is 1.69. The molecule has 3 rings (SSSR count). The molecular formula is C13H8OS. The van der Waals surface area contributed by atoms with Crippen molar-refractivity contribution in [3.63, 3.8) is 0 Å². The number of rotatable bonds is 1. The minimum atomic E-state index is 0.817. The Hall–Kier alpha value is -1.67. The SMILES string of the molecule is O=Cc1c2cccccc-2c2sccc12. The zero-order valence-corrected chi connectivity index (χ0v) is 8.75. The van der Waals surface area contributed by atoms with E-state index in [0.29, 0.717) is 0 Å². The average molecular weight is 212 g/mol.